The molecule has 6 heteroatoms. The second-order valence-corrected chi connectivity index (χ2v) is 9.22. The van der Waals surface area contributed by atoms with Gasteiger partial charge in [0.15, 0.2) is 0 Å². The molecule has 0 aromatic heterocycles. The van der Waals surface area contributed by atoms with Gasteiger partial charge in [0.05, 0.1) is 17.5 Å². The minimum absolute atomic E-state index is 0.0260. The number of amides is 1. The molecule has 0 spiro atoms. The van der Waals surface area contributed by atoms with E-state index in [0.717, 1.165) is 16.7 Å². The fraction of sp³-hybridized carbons (Fsp3) is 0.161. The monoisotopic (exact) mass is 513 g/mol. The summed E-state index contributed by atoms with van der Waals surface area (Å²) in [4.78, 5) is 25.8. The average Bonchev–Trinajstić information content (AvgIpc) is 2.93. The zero-order valence-electron chi connectivity index (χ0n) is 20.4. The lowest BCUT2D eigenvalue weighted by Gasteiger charge is -2.36. The number of aliphatic carboxylic acids is 1. The second-order valence-electron chi connectivity index (χ2n) is 8.81. The summed E-state index contributed by atoms with van der Waals surface area (Å²) in [5.41, 5.74) is 2.68. The Labute approximate surface area is 221 Å². The van der Waals surface area contributed by atoms with Crippen LogP contribution in [0.4, 0.5) is 0 Å². The van der Waals surface area contributed by atoms with Gasteiger partial charge < -0.3 is 15.2 Å². The Morgan fingerprint density at radius 3 is 1.73 bits per heavy atom. The van der Waals surface area contributed by atoms with Crippen LogP contribution in [0.15, 0.2) is 109 Å². The highest BCUT2D eigenvalue weighted by molar-refractivity contribution is 6.32. The fourth-order valence-electron chi connectivity index (χ4n) is 4.73. The Kier molecular flexibility index (Phi) is 8.26. The third-order valence-corrected chi connectivity index (χ3v) is 6.81. The number of carboxylic acids is 1. The molecule has 5 nitrogen and oxygen atoms in total. The van der Waals surface area contributed by atoms with E-state index < -0.39 is 17.4 Å². The Balaban J connectivity index is 1.70. The van der Waals surface area contributed by atoms with Crippen LogP contribution in [-0.4, -0.2) is 30.1 Å². The summed E-state index contributed by atoms with van der Waals surface area (Å²) in [5, 5.41) is 13.1. The maximum Gasteiger partial charge on any atom is 0.326 e. The lowest BCUT2D eigenvalue weighted by Crippen LogP contribution is -2.45. The Morgan fingerprint density at radius 1 is 0.838 bits per heavy atom. The number of carbonyl (C=O) groups excluding carboxylic acids is 1. The first-order chi connectivity index (χ1) is 17.9. The van der Waals surface area contributed by atoms with Crippen molar-refractivity contribution in [1.82, 2.24) is 5.32 Å². The van der Waals surface area contributed by atoms with Gasteiger partial charge in [-0.1, -0.05) is 109 Å². The lowest BCUT2D eigenvalue weighted by molar-refractivity contribution is -0.141. The molecule has 0 aliphatic rings. The summed E-state index contributed by atoms with van der Waals surface area (Å²) >= 11 is 6.23. The molecule has 4 rings (SSSR count). The van der Waals surface area contributed by atoms with Gasteiger partial charge in [-0.3, -0.25) is 4.79 Å². The van der Waals surface area contributed by atoms with Crippen molar-refractivity contribution in [2.24, 2.45) is 0 Å². The van der Waals surface area contributed by atoms with Gasteiger partial charge in [0.2, 0.25) is 5.91 Å². The third kappa shape index (κ3) is 5.84. The van der Waals surface area contributed by atoms with Crippen molar-refractivity contribution in [3.8, 4) is 5.75 Å². The molecule has 0 aliphatic heterocycles. The van der Waals surface area contributed by atoms with E-state index in [1.54, 1.807) is 18.2 Å². The zero-order valence-corrected chi connectivity index (χ0v) is 21.2. The van der Waals surface area contributed by atoms with E-state index in [4.69, 9.17) is 16.3 Å². The minimum atomic E-state index is -1.13. The number of halogens is 1. The van der Waals surface area contributed by atoms with Crippen LogP contribution in [0.25, 0.3) is 0 Å². The number of carbonyl (C=O) groups is 2. The molecule has 0 heterocycles. The van der Waals surface area contributed by atoms with Crippen molar-refractivity contribution in [3.05, 3.63) is 136 Å². The molecular formula is C31H28ClNO4. The molecule has 4 aromatic carbocycles. The van der Waals surface area contributed by atoms with Crippen LogP contribution in [0, 0.1) is 0 Å². The topological polar surface area (TPSA) is 75.6 Å². The number of rotatable bonds is 10. The normalized spacial score (nSPS) is 11.9. The third-order valence-electron chi connectivity index (χ3n) is 6.51. The molecule has 1 amide bonds. The summed E-state index contributed by atoms with van der Waals surface area (Å²) < 4.78 is 5.18. The lowest BCUT2D eigenvalue weighted by atomic mass is 9.67. The molecule has 1 atom stereocenters. The molecule has 0 saturated heterocycles. The molecule has 0 unspecified atom stereocenters. The first kappa shape index (κ1) is 26.0. The molecule has 2 N–H and O–H groups in total. The van der Waals surface area contributed by atoms with Crippen molar-refractivity contribution in [2.45, 2.75) is 24.3 Å². The molecule has 0 bridgehead atoms. The van der Waals surface area contributed by atoms with E-state index in [1.165, 1.54) is 7.11 Å². The van der Waals surface area contributed by atoms with Crippen LogP contribution in [-0.2, 0) is 21.4 Å². The Bertz CT molecular complexity index is 1250. The Morgan fingerprint density at radius 2 is 1.32 bits per heavy atom. The predicted molar refractivity (Wildman–Crippen MR) is 145 cm³/mol. The first-order valence-electron chi connectivity index (χ1n) is 11.9. The number of ether oxygens (including phenoxy) is 1. The summed E-state index contributed by atoms with van der Waals surface area (Å²) in [6, 6.07) is 33.4. The van der Waals surface area contributed by atoms with Gasteiger partial charge in [0, 0.05) is 12.8 Å². The van der Waals surface area contributed by atoms with Gasteiger partial charge >= 0.3 is 5.97 Å². The minimum Gasteiger partial charge on any atom is -0.495 e. The van der Waals surface area contributed by atoms with E-state index in [9.17, 15) is 14.7 Å². The Hall–Kier alpha value is -4.09. The SMILES string of the molecule is COc1ccc(C[C@H](NC(=O)CC(c2ccccc2)(c2ccccc2)c2ccccc2)C(=O)O)cc1Cl. The second kappa shape index (κ2) is 11.8. The quantitative estimate of drug-likeness (QED) is 0.259. The van der Waals surface area contributed by atoms with E-state index >= 15 is 0 Å². The number of nitrogens with one attached hydrogen (secondary N) is 1. The number of hydrogen-bond acceptors (Lipinski definition) is 3. The summed E-state index contributed by atoms with van der Waals surface area (Å²) in [7, 11) is 1.51. The van der Waals surface area contributed by atoms with E-state index in [0.29, 0.717) is 16.3 Å². The van der Waals surface area contributed by atoms with Crippen molar-refractivity contribution in [1.29, 1.82) is 0 Å². The van der Waals surface area contributed by atoms with Gasteiger partial charge in [0.25, 0.3) is 0 Å². The summed E-state index contributed by atoms with van der Waals surface area (Å²) in [5.74, 6) is -0.992. The van der Waals surface area contributed by atoms with Gasteiger partial charge in [-0.2, -0.15) is 0 Å². The maximum absolute atomic E-state index is 13.6. The van der Waals surface area contributed by atoms with E-state index in [-0.39, 0.29) is 18.7 Å². The van der Waals surface area contributed by atoms with E-state index in [2.05, 4.69) is 5.32 Å². The predicted octanol–water partition coefficient (Wildman–Crippen LogP) is 5.89. The van der Waals surface area contributed by atoms with Crippen LogP contribution < -0.4 is 10.1 Å². The number of hydrogen-bond donors (Lipinski definition) is 2. The standard InChI is InChI=1S/C31H28ClNO4/c1-37-28-18-17-22(19-26(28)32)20-27(30(35)36)33-29(34)21-31(23-11-5-2-6-12-23,24-13-7-3-8-14-24)25-15-9-4-10-16-25/h2-19,27H,20-21H2,1H3,(H,33,34)(H,35,36)/t27-/m0/s1. The zero-order chi connectivity index (χ0) is 26.3. The van der Waals surface area contributed by atoms with Gasteiger partial charge in [-0.05, 0) is 34.4 Å². The van der Waals surface area contributed by atoms with Gasteiger partial charge in [-0.25, -0.2) is 4.79 Å². The van der Waals surface area contributed by atoms with Crippen LogP contribution in [0.2, 0.25) is 5.02 Å². The largest absolute Gasteiger partial charge is 0.495 e. The maximum atomic E-state index is 13.6. The van der Waals surface area contributed by atoms with E-state index in [1.807, 2.05) is 91.0 Å². The van der Waals surface area contributed by atoms with Gasteiger partial charge in [0.1, 0.15) is 11.8 Å². The molecule has 0 aliphatic carbocycles. The van der Waals surface area contributed by atoms with Crippen LogP contribution in [0.1, 0.15) is 28.7 Å². The molecule has 0 radical (unpaired) electrons. The summed E-state index contributed by atoms with van der Waals surface area (Å²) in [6.07, 6.45) is 0.109. The summed E-state index contributed by atoms with van der Waals surface area (Å²) in [6.45, 7) is 0. The molecular weight excluding hydrogens is 486 g/mol. The number of carboxylic acid groups (broad SMARTS) is 1. The fourth-order valence-corrected chi connectivity index (χ4v) is 5.01. The molecule has 0 fully saturated rings. The molecule has 37 heavy (non-hydrogen) atoms. The molecule has 0 saturated carbocycles. The number of benzene rings is 4. The van der Waals surface area contributed by atoms with Crippen molar-refractivity contribution in [2.75, 3.05) is 7.11 Å². The van der Waals surface area contributed by atoms with Crippen molar-refractivity contribution < 1.29 is 19.4 Å². The van der Waals surface area contributed by atoms with Crippen molar-refractivity contribution in [3.63, 3.8) is 0 Å². The van der Waals surface area contributed by atoms with Gasteiger partial charge in [-0.15, -0.1) is 0 Å². The van der Waals surface area contributed by atoms with Crippen LogP contribution >= 0.6 is 11.6 Å². The van der Waals surface area contributed by atoms with Crippen molar-refractivity contribution >= 4 is 23.5 Å². The molecule has 4 aromatic rings. The highest BCUT2D eigenvalue weighted by Gasteiger charge is 2.39. The first-order valence-corrected chi connectivity index (χ1v) is 12.3. The average molecular weight is 514 g/mol. The smallest absolute Gasteiger partial charge is 0.326 e. The van der Waals surface area contributed by atoms with Crippen LogP contribution in [0.5, 0.6) is 5.75 Å². The highest BCUT2D eigenvalue weighted by atomic mass is 35.5. The van der Waals surface area contributed by atoms with Crippen LogP contribution in [0.3, 0.4) is 0 Å². The number of methoxy groups -OCH3 is 1. The highest BCUT2D eigenvalue weighted by Crippen LogP contribution is 2.42. The molecule has 188 valence electrons.